The van der Waals surface area contributed by atoms with Crippen LogP contribution >= 0.6 is 11.6 Å². The first-order valence-corrected chi connectivity index (χ1v) is 11.4. The van der Waals surface area contributed by atoms with Crippen molar-refractivity contribution in [3.63, 3.8) is 0 Å². The molecule has 182 valence electrons. The summed E-state index contributed by atoms with van der Waals surface area (Å²) < 4.78 is 63.6. The van der Waals surface area contributed by atoms with Crippen LogP contribution in [0.4, 0.5) is 20.4 Å². The van der Waals surface area contributed by atoms with E-state index in [-0.39, 0.29) is 33.3 Å². The monoisotopic (exact) mass is 524 g/mol. The highest BCUT2D eigenvalue weighted by Gasteiger charge is 2.26. The van der Waals surface area contributed by atoms with Crippen LogP contribution in [-0.2, 0) is 16.6 Å². The lowest BCUT2D eigenvalue weighted by Gasteiger charge is -2.16. The average Bonchev–Trinajstić information content (AvgIpc) is 2.82. The Hall–Kier alpha value is -3.88. The minimum Gasteiger partial charge on any atom is -0.480 e. The molecular weight excluding hydrogens is 510 g/mol. The van der Waals surface area contributed by atoms with Gasteiger partial charge in [-0.15, -0.1) is 0 Å². The molecule has 0 radical (unpaired) electrons. The van der Waals surface area contributed by atoms with Crippen LogP contribution in [-0.4, -0.2) is 40.2 Å². The van der Waals surface area contributed by atoms with E-state index in [0.29, 0.717) is 4.57 Å². The maximum atomic E-state index is 15.5. The van der Waals surface area contributed by atoms with Gasteiger partial charge in [-0.2, -0.15) is 0 Å². The Morgan fingerprint density at radius 3 is 2.69 bits per heavy atom. The van der Waals surface area contributed by atoms with Gasteiger partial charge in [0, 0.05) is 24.2 Å². The topological polar surface area (TPSA) is 162 Å². The highest BCUT2D eigenvalue weighted by Crippen LogP contribution is 2.30. The molecule has 35 heavy (non-hydrogen) atoms. The van der Waals surface area contributed by atoms with Crippen molar-refractivity contribution in [2.24, 2.45) is 0 Å². The molecule has 15 heteroatoms. The number of halogens is 3. The number of fused-ring (bicyclic) bond motifs is 1. The first kappa shape index (κ1) is 24.3. The van der Waals surface area contributed by atoms with E-state index >= 15 is 4.39 Å². The van der Waals surface area contributed by atoms with Crippen LogP contribution in [0.5, 0.6) is 5.88 Å². The molecular formula is C20H15ClF2N6O5S. The van der Waals surface area contributed by atoms with E-state index in [1.54, 1.807) is 0 Å². The number of rotatable bonds is 6. The average molecular weight is 525 g/mol. The van der Waals surface area contributed by atoms with Gasteiger partial charge in [0.2, 0.25) is 11.8 Å². The number of ether oxygens (including phenoxy) is 1. The molecule has 11 nitrogen and oxygen atoms in total. The van der Waals surface area contributed by atoms with Crippen LogP contribution in [0.15, 0.2) is 46.5 Å². The molecule has 0 saturated carbocycles. The molecule has 0 amide bonds. The number of nitrogens with one attached hydrogen (secondary N) is 1. The van der Waals surface area contributed by atoms with Crippen LogP contribution in [0.25, 0.3) is 16.6 Å². The molecule has 4 aromatic rings. The Morgan fingerprint density at radius 1 is 1.26 bits per heavy atom. The van der Waals surface area contributed by atoms with Gasteiger partial charge in [0.1, 0.15) is 11.5 Å². The van der Waals surface area contributed by atoms with Crippen molar-refractivity contribution >= 4 is 44.2 Å². The van der Waals surface area contributed by atoms with Gasteiger partial charge in [-0.3, -0.25) is 14.1 Å². The number of aliphatic hydroxyl groups excluding tert-OH is 1. The zero-order valence-electron chi connectivity index (χ0n) is 17.7. The van der Waals surface area contributed by atoms with E-state index in [4.69, 9.17) is 22.1 Å². The van der Waals surface area contributed by atoms with Gasteiger partial charge in [-0.1, -0.05) is 11.6 Å². The molecule has 4 N–H and O–H groups in total. The van der Waals surface area contributed by atoms with Crippen molar-refractivity contribution in [1.82, 2.24) is 19.5 Å². The van der Waals surface area contributed by atoms with Gasteiger partial charge in [0.25, 0.3) is 15.6 Å². The summed E-state index contributed by atoms with van der Waals surface area (Å²) in [6.07, 6.45) is 3.18. The molecule has 0 saturated heterocycles. The van der Waals surface area contributed by atoms with Gasteiger partial charge in [0.05, 0.1) is 35.3 Å². The first-order chi connectivity index (χ1) is 16.6. The van der Waals surface area contributed by atoms with Crippen molar-refractivity contribution in [3.8, 4) is 11.6 Å². The zero-order valence-corrected chi connectivity index (χ0v) is 19.2. The second-order valence-corrected chi connectivity index (χ2v) is 9.09. The lowest BCUT2D eigenvalue weighted by atomic mass is 10.2. The number of aromatic nitrogens is 4. The second-order valence-electron chi connectivity index (χ2n) is 7.00. The minimum atomic E-state index is -4.52. The van der Waals surface area contributed by atoms with Gasteiger partial charge < -0.3 is 15.6 Å². The highest BCUT2D eigenvalue weighted by atomic mass is 35.5. The summed E-state index contributed by atoms with van der Waals surface area (Å²) in [6, 6.07) is 2.63. The summed E-state index contributed by atoms with van der Waals surface area (Å²) in [5.74, 6) is -3.09. The number of nitrogens with two attached hydrogens (primary N) is 1. The van der Waals surface area contributed by atoms with E-state index in [2.05, 4.69) is 15.0 Å². The standard InChI is InChI=1S/C20H15ClF2N6O5S/c1-34-18-14(4-10(21)5-25-18)35(32,33)28-13-3-2-12(22)17(15(13)23)29-7-9(8-30)16-11(19(29)31)6-26-20(24)27-16/h2-7,28,30H,8H2,1H3,(H2,24,26,27). The molecule has 1 aromatic carbocycles. The lowest BCUT2D eigenvalue weighted by Crippen LogP contribution is -2.23. The Kier molecular flexibility index (Phi) is 6.27. The Bertz CT molecular complexity index is 1650. The molecule has 0 bridgehead atoms. The number of nitrogens with zero attached hydrogens (tertiary/aromatic N) is 4. The van der Waals surface area contributed by atoms with E-state index in [1.807, 2.05) is 4.72 Å². The van der Waals surface area contributed by atoms with E-state index < -0.39 is 50.1 Å². The van der Waals surface area contributed by atoms with Crippen LogP contribution in [0.1, 0.15) is 5.56 Å². The van der Waals surface area contributed by atoms with Crippen LogP contribution < -0.4 is 20.8 Å². The zero-order chi connectivity index (χ0) is 25.5. The normalized spacial score (nSPS) is 11.6. The molecule has 3 aromatic heterocycles. The number of hydrogen-bond donors (Lipinski definition) is 3. The molecule has 0 fully saturated rings. The molecule has 0 atom stereocenters. The number of anilines is 2. The lowest BCUT2D eigenvalue weighted by molar-refractivity contribution is 0.282. The SMILES string of the molecule is COc1ncc(Cl)cc1S(=O)(=O)Nc1ccc(F)c(-n2cc(CO)c3nc(N)ncc3c2=O)c1F. The summed E-state index contributed by atoms with van der Waals surface area (Å²) >= 11 is 5.83. The number of hydrogen-bond acceptors (Lipinski definition) is 9. The molecule has 0 aliphatic heterocycles. The fraction of sp³-hybridized carbons (Fsp3) is 0.100. The highest BCUT2D eigenvalue weighted by molar-refractivity contribution is 7.92. The summed E-state index contributed by atoms with van der Waals surface area (Å²) in [5, 5.41) is 9.50. The summed E-state index contributed by atoms with van der Waals surface area (Å²) in [4.78, 5) is 23.9. The predicted octanol–water partition coefficient (Wildman–Crippen LogP) is 1.99. The Labute approximate surface area is 200 Å². The van der Waals surface area contributed by atoms with Gasteiger partial charge in [-0.25, -0.2) is 32.2 Å². The summed E-state index contributed by atoms with van der Waals surface area (Å²) in [5.41, 5.74) is 3.03. The number of benzene rings is 1. The molecule has 0 aliphatic carbocycles. The largest absolute Gasteiger partial charge is 0.480 e. The molecule has 3 heterocycles. The number of sulfonamides is 1. The van der Waals surface area contributed by atoms with Crippen LogP contribution in [0.2, 0.25) is 5.02 Å². The van der Waals surface area contributed by atoms with Gasteiger partial charge >= 0.3 is 0 Å². The predicted molar refractivity (Wildman–Crippen MR) is 122 cm³/mol. The fourth-order valence-corrected chi connectivity index (χ4v) is 4.71. The first-order valence-electron chi connectivity index (χ1n) is 9.55. The third kappa shape index (κ3) is 4.34. The third-order valence-corrected chi connectivity index (χ3v) is 6.40. The van der Waals surface area contributed by atoms with E-state index in [1.165, 1.54) is 7.11 Å². The van der Waals surface area contributed by atoms with E-state index in [0.717, 1.165) is 36.8 Å². The van der Waals surface area contributed by atoms with Gasteiger partial charge in [0.15, 0.2) is 10.7 Å². The maximum absolute atomic E-state index is 15.5. The quantitative estimate of drug-likeness (QED) is 0.342. The Balaban J connectivity index is 1.90. The summed E-state index contributed by atoms with van der Waals surface area (Å²) in [6.45, 7) is -0.648. The number of aliphatic hydroxyl groups is 1. The van der Waals surface area contributed by atoms with Crippen molar-refractivity contribution in [1.29, 1.82) is 0 Å². The minimum absolute atomic E-state index is 0.000486. The molecule has 4 rings (SSSR count). The number of pyridine rings is 2. The van der Waals surface area contributed by atoms with Crippen LogP contribution in [0.3, 0.4) is 0 Å². The van der Waals surface area contributed by atoms with Crippen molar-refractivity contribution in [3.05, 3.63) is 69.4 Å². The van der Waals surface area contributed by atoms with Crippen molar-refractivity contribution in [2.45, 2.75) is 11.5 Å². The van der Waals surface area contributed by atoms with Crippen molar-refractivity contribution in [2.75, 3.05) is 17.6 Å². The number of methoxy groups -OCH3 is 1. The third-order valence-electron chi connectivity index (χ3n) is 4.84. The fourth-order valence-electron chi connectivity index (χ4n) is 3.28. The van der Waals surface area contributed by atoms with Gasteiger partial charge in [-0.05, 0) is 18.2 Å². The molecule has 0 aliphatic rings. The summed E-state index contributed by atoms with van der Waals surface area (Å²) in [7, 11) is -3.35. The molecule has 0 spiro atoms. The van der Waals surface area contributed by atoms with Crippen LogP contribution in [0, 0.1) is 11.6 Å². The maximum Gasteiger partial charge on any atom is 0.267 e. The second kappa shape index (κ2) is 9.05. The number of nitrogen functional groups attached to an aromatic ring is 1. The van der Waals surface area contributed by atoms with Crippen molar-refractivity contribution < 1.29 is 27.0 Å². The molecule has 0 unspecified atom stereocenters. The Morgan fingerprint density at radius 2 is 2.00 bits per heavy atom. The smallest absolute Gasteiger partial charge is 0.267 e. The van der Waals surface area contributed by atoms with E-state index in [9.17, 15) is 22.7 Å².